The lowest BCUT2D eigenvalue weighted by Gasteiger charge is -2.05. The Labute approximate surface area is 94.6 Å². The number of hydrogen-bond donors (Lipinski definition) is 2. The van der Waals surface area contributed by atoms with E-state index in [9.17, 15) is 4.79 Å². The Bertz CT molecular complexity index is 346. The summed E-state index contributed by atoms with van der Waals surface area (Å²) >= 11 is 0. The molecule has 1 rings (SSSR count). The molecule has 16 heavy (non-hydrogen) atoms. The predicted octanol–water partition coefficient (Wildman–Crippen LogP) is 0.199. The van der Waals surface area contributed by atoms with E-state index >= 15 is 0 Å². The van der Waals surface area contributed by atoms with Crippen LogP contribution in [-0.4, -0.2) is 28.6 Å². The Kier molecular flexibility index (Phi) is 4.42. The van der Waals surface area contributed by atoms with Crippen LogP contribution in [0.2, 0.25) is 0 Å². The van der Waals surface area contributed by atoms with E-state index in [2.05, 4.69) is 15.5 Å². The lowest BCUT2D eigenvalue weighted by atomic mass is 10.2. The van der Waals surface area contributed by atoms with Crippen molar-refractivity contribution in [2.45, 2.75) is 39.2 Å². The van der Waals surface area contributed by atoms with E-state index in [1.807, 2.05) is 13.8 Å². The number of carbonyl (C=O) groups excluding carboxylic acids is 1. The standard InChI is InChI=1S/C10H18N4O2/c1-6(2)9-13-8(16-14-9)4-5-12-10(15)7(3)11/h6-7H,4-5,11H2,1-3H3,(H,12,15)/t7-/m0/s1. The zero-order valence-corrected chi connectivity index (χ0v) is 9.86. The van der Waals surface area contributed by atoms with Gasteiger partial charge in [0.2, 0.25) is 11.8 Å². The number of amides is 1. The molecule has 6 heteroatoms. The molecule has 6 nitrogen and oxygen atoms in total. The fourth-order valence-electron chi connectivity index (χ4n) is 1.06. The zero-order chi connectivity index (χ0) is 12.1. The summed E-state index contributed by atoms with van der Waals surface area (Å²) < 4.78 is 5.02. The normalized spacial score (nSPS) is 12.8. The molecule has 0 aliphatic heterocycles. The first kappa shape index (κ1) is 12.6. The summed E-state index contributed by atoms with van der Waals surface area (Å²) in [6.07, 6.45) is 0.526. The molecule has 0 saturated carbocycles. The van der Waals surface area contributed by atoms with Crippen molar-refractivity contribution in [3.63, 3.8) is 0 Å². The minimum absolute atomic E-state index is 0.177. The second kappa shape index (κ2) is 5.60. The van der Waals surface area contributed by atoms with E-state index in [4.69, 9.17) is 10.3 Å². The first-order chi connectivity index (χ1) is 7.50. The molecule has 0 unspecified atom stereocenters. The third kappa shape index (κ3) is 3.62. The van der Waals surface area contributed by atoms with E-state index in [0.29, 0.717) is 24.7 Å². The van der Waals surface area contributed by atoms with Gasteiger partial charge in [-0.2, -0.15) is 4.98 Å². The van der Waals surface area contributed by atoms with E-state index in [0.717, 1.165) is 0 Å². The molecule has 0 aliphatic carbocycles. The fourth-order valence-corrected chi connectivity index (χ4v) is 1.06. The van der Waals surface area contributed by atoms with Gasteiger partial charge in [0.05, 0.1) is 6.04 Å². The summed E-state index contributed by atoms with van der Waals surface area (Å²) in [5.41, 5.74) is 5.40. The summed E-state index contributed by atoms with van der Waals surface area (Å²) in [6, 6.07) is -0.492. The number of rotatable bonds is 5. The average molecular weight is 226 g/mol. The smallest absolute Gasteiger partial charge is 0.236 e. The quantitative estimate of drug-likeness (QED) is 0.748. The van der Waals surface area contributed by atoms with Crippen molar-refractivity contribution >= 4 is 5.91 Å². The number of nitrogens with zero attached hydrogens (tertiary/aromatic N) is 2. The highest BCUT2D eigenvalue weighted by Crippen LogP contribution is 2.09. The first-order valence-corrected chi connectivity index (χ1v) is 5.36. The van der Waals surface area contributed by atoms with Gasteiger partial charge in [-0.3, -0.25) is 4.79 Å². The molecule has 0 spiro atoms. The molecule has 0 fully saturated rings. The van der Waals surface area contributed by atoms with E-state index in [1.165, 1.54) is 0 Å². The summed E-state index contributed by atoms with van der Waals surface area (Å²) in [7, 11) is 0. The van der Waals surface area contributed by atoms with Crippen molar-refractivity contribution in [2.75, 3.05) is 6.54 Å². The minimum atomic E-state index is -0.492. The van der Waals surface area contributed by atoms with Gasteiger partial charge in [-0.25, -0.2) is 0 Å². The second-order valence-electron chi connectivity index (χ2n) is 4.03. The number of carbonyl (C=O) groups is 1. The highest BCUT2D eigenvalue weighted by molar-refractivity contribution is 5.80. The van der Waals surface area contributed by atoms with Gasteiger partial charge in [-0.05, 0) is 6.92 Å². The van der Waals surface area contributed by atoms with Crippen LogP contribution in [0.1, 0.15) is 38.4 Å². The minimum Gasteiger partial charge on any atom is -0.354 e. The van der Waals surface area contributed by atoms with Gasteiger partial charge in [0.15, 0.2) is 5.82 Å². The fraction of sp³-hybridized carbons (Fsp3) is 0.700. The van der Waals surface area contributed by atoms with E-state index < -0.39 is 6.04 Å². The Morgan fingerprint density at radius 3 is 2.69 bits per heavy atom. The SMILES string of the molecule is CC(C)c1noc(CCNC(=O)[C@H](C)N)n1. The van der Waals surface area contributed by atoms with Crippen LogP contribution in [0.15, 0.2) is 4.52 Å². The van der Waals surface area contributed by atoms with Gasteiger partial charge in [0.25, 0.3) is 0 Å². The van der Waals surface area contributed by atoms with Crippen molar-refractivity contribution < 1.29 is 9.32 Å². The molecule has 1 aromatic rings. The lowest BCUT2D eigenvalue weighted by molar-refractivity contribution is -0.121. The third-order valence-corrected chi connectivity index (χ3v) is 2.05. The highest BCUT2D eigenvalue weighted by atomic mass is 16.5. The number of hydrogen-bond acceptors (Lipinski definition) is 5. The summed E-state index contributed by atoms with van der Waals surface area (Å²) in [6.45, 7) is 6.08. The summed E-state index contributed by atoms with van der Waals surface area (Å²) in [4.78, 5) is 15.3. The number of nitrogens with one attached hydrogen (secondary N) is 1. The molecular formula is C10H18N4O2. The van der Waals surface area contributed by atoms with Crippen molar-refractivity contribution in [1.82, 2.24) is 15.5 Å². The summed E-state index contributed by atoms with van der Waals surface area (Å²) in [5, 5.41) is 6.50. The maximum atomic E-state index is 11.1. The van der Waals surface area contributed by atoms with Crippen molar-refractivity contribution in [3.8, 4) is 0 Å². The molecule has 1 atom stereocenters. The Balaban J connectivity index is 2.35. The Morgan fingerprint density at radius 1 is 1.50 bits per heavy atom. The zero-order valence-electron chi connectivity index (χ0n) is 9.86. The van der Waals surface area contributed by atoms with Gasteiger partial charge in [-0.1, -0.05) is 19.0 Å². The molecule has 0 bridgehead atoms. The van der Waals surface area contributed by atoms with Crippen LogP contribution >= 0.6 is 0 Å². The molecule has 0 aromatic carbocycles. The van der Waals surface area contributed by atoms with Crippen LogP contribution in [0.3, 0.4) is 0 Å². The van der Waals surface area contributed by atoms with Crippen LogP contribution in [0.4, 0.5) is 0 Å². The molecule has 0 saturated heterocycles. The number of nitrogens with two attached hydrogens (primary N) is 1. The third-order valence-electron chi connectivity index (χ3n) is 2.05. The first-order valence-electron chi connectivity index (χ1n) is 5.36. The highest BCUT2D eigenvalue weighted by Gasteiger charge is 2.10. The Morgan fingerprint density at radius 2 is 2.19 bits per heavy atom. The summed E-state index contributed by atoms with van der Waals surface area (Å²) in [5.74, 6) is 1.29. The van der Waals surface area contributed by atoms with Crippen LogP contribution in [0.25, 0.3) is 0 Å². The average Bonchev–Trinajstić information content (AvgIpc) is 2.66. The molecular weight excluding hydrogens is 208 g/mol. The Hall–Kier alpha value is -1.43. The topological polar surface area (TPSA) is 94.0 Å². The molecule has 1 aromatic heterocycles. The molecule has 90 valence electrons. The van der Waals surface area contributed by atoms with Crippen molar-refractivity contribution in [1.29, 1.82) is 0 Å². The van der Waals surface area contributed by atoms with Gasteiger partial charge in [0, 0.05) is 18.9 Å². The second-order valence-corrected chi connectivity index (χ2v) is 4.03. The largest absolute Gasteiger partial charge is 0.354 e. The van der Waals surface area contributed by atoms with Crippen LogP contribution in [0.5, 0.6) is 0 Å². The number of aromatic nitrogens is 2. The molecule has 0 aliphatic rings. The molecule has 3 N–H and O–H groups in total. The van der Waals surface area contributed by atoms with Gasteiger partial charge in [-0.15, -0.1) is 0 Å². The maximum Gasteiger partial charge on any atom is 0.236 e. The lowest BCUT2D eigenvalue weighted by Crippen LogP contribution is -2.39. The molecule has 1 amide bonds. The van der Waals surface area contributed by atoms with Crippen LogP contribution in [-0.2, 0) is 11.2 Å². The van der Waals surface area contributed by atoms with Crippen molar-refractivity contribution in [2.24, 2.45) is 5.73 Å². The van der Waals surface area contributed by atoms with Gasteiger partial charge < -0.3 is 15.6 Å². The van der Waals surface area contributed by atoms with Crippen LogP contribution in [0, 0.1) is 0 Å². The van der Waals surface area contributed by atoms with E-state index in [1.54, 1.807) is 6.92 Å². The van der Waals surface area contributed by atoms with Gasteiger partial charge >= 0.3 is 0 Å². The monoisotopic (exact) mass is 226 g/mol. The molecule has 0 radical (unpaired) electrons. The van der Waals surface area contributed by atoms with Gasteiger partial charge in [0.1, 0.15) is 0 Å². The maximum absolute atomic E-state index is 11.1. The van der Waals surface area contributed by atoms with Crippen molar-refractivity contribution in [3.05, 3.63) is 11.7 Å². The predicted molar refractivity (Wildman–Crippen MR) is 58.8 cm³/mol. The van der Waals surface area contributed by atoms with E-state index in [-0.39, 0.29) is 11.8 Å². The van der Waals surface area contributed by atoms with Crippen LogP contribution < -0.4 is 11.1 Å². The molecule has 1 heterocycles.